The van der Waals surface area contributed by atoms with Crippen LogP contribution in [0, 0.1) is 0 Å². The second-order valence-electron chi connectivity index (χ2n) is 6.45. The Bertz CT molecular complexity index is 741. The standard InChI is InChI=1S/C23H30ClN/c1-8-12-17(5)21(16(3)4)15-18(6)23(9-2)25-19(7)20-13-10-11-14-22(20)24/h9-11,13-15H,5,8,12H2,1-4,6-7H3/b18-15+,23-9-,25-19?. The first-order valence-corrected chi connectivity index (χ1v) is 9.20. The molecule has 1 rings (SSSR count). The Labute approximate surface area is 158 Å². The molecule has 0 spiro atoms. The van der Waals surface area contributed by atoms with Crippen molar-refractivity contribution in [2.24, 2.45) is 4.99 Å². The molecule has 0 radical (unpaired) electrons. The van der Waals surface area contributed by atoms with E-state index in [1.165, 1.54) is 16.7 Å². The molecule has 0 amide bonds. The van der Waals surface area contributed by atoms with E-state index >= 15 is 0 Å². The summed E-state index contributed by atoms with van der Waals surface area (Å²) in [7, 11) is 0. The highest BCUT2D eigenvalue weighted by Crippen LogP contribution is 2.24. The molecular weight excluding hydrogens is 326 g/mol. The lowest BCUT2D eigenvalue weighted by Gasteiger charge is -2.12. The zero-order valence-electron chi connectivity index (χ0n) is 16.4. The zero-order valence-corrected chi connectivity index (χ0v) is 17.2. The van der Waals surface area contributed by atoms with E-state index < -0.39 is 0 Å². The van der Waals surface area contributed by atoms with Crippen LogP contribution in [0.25, 0.3) is 0 Å². The molecule has 0 saturated heterocycles. The third-order valence-electron chi connectivity index (χ3n) is 4.06. The molecule has 1 aromatic carbocycles. The number of hydrogen-bond donors (Lipinski definition) is 0. The molecular formula is C23H30ClN. The van der Waals surface area contributed by atoms with E-state index in [0.29, 0.717) is 0 Å². The number of nitrogens with zero attached hydrogens (tertiary/aromatic N) is 1. The molecule has 0 fully saturated rings. The first kappa shape index (κ1) is 21.2. The maximum Gasteiger partial charge on any atom is 0.0619 e. The Morgan fingerprint density at radius 1 is 1.16 bits per heavy atom. The Morgan fingerprint density at radius 3 is 2.32 bits per heavy atom. The molecule has 1 nitrogen and oxygen atoms in total. The number of hydrogen-bond acceptors (Lipinski definition) is 1. The normalized spacial score (nSPS) is 13.0. The van der Waals surface area contributed by atoms with Crippen molar-refractivity contribution in [2.45, 2.75) is 54.4 Å². The summed E-state index contributed by atoms with van der Waals surface area (Å²) >= 11 is 6.29. The van der Waals surface area contributed by atoms with Crippen LogP contribution in [0.3, 0.4) is 0 Å². The van der Waals surface area contributed by atoms with Gasteiger partial charge in [0.25, 0.3) is 0 Å². The van der Waals surface area contributed by atoms with Gasteiger partial charge in [0, 0.05) is 16.3 Å². The second-order valence-corrected chi connectivity index (χ2v) is 6.85. The monoisotopic (exact) mass is 355 g/mol. The summed E-state index contributed by atoms with van der Waals surface area (Å²) in [4.78, 5) is 4.82. The lowest BCUT2D eigenvalue weighted by Crippen LogP contribution is -1.98. The molecule has 0 atom stereocenters. The fourth-order valence-corrected chi connectivity index (χ4v) is 2.98. The van der Waals surface area contributed by atoms with Crippen LogP contribution >= 0.6 is 11.6 Å². The predicted molar refractivity (Wildman–Crippen MR) is 114 cm³/mol. The van der Waals surface area contributed by atoms with Crippen molar-refractivity contribution >= 4 is 17.3 Å². The largest absolute Gasteiger partial charge is 0.253 e. The van der Waals surface area contributed by atoms with Crippen molar-refractivity contribution in [3.8, 4) is 0 Å². The summed E-state index contributed by atoms with van der Waals surface area (Å²) < 4.78 is 0. The fraction of sp³-hybridized carbons (Fsp3) is 0.348. The number of benzene rings is 1. The molecule has 0 aliphatic heterocycles. The molecule has 0 heterocycles. The van der Waals surface area contributed by atoms with E-state index in [2.05, 4.69) is 40.3 Å². The van der Waals surface area contributed by atoms with Gasteiger partial charge in [-0.15, -0.1) is 0 Å². The topological polar surface area (TPSA) is 12.4 Å². The van der Waals surface area contributed by atoms with Crippen molar-refractivity contribution in [1.29, 1.82) is 0 Å². The number of aliphatic imine (C=N–C) groups is 1. The molecule has 134 valence electrons. The highest BCUT2D eigenvalue weighted by atomic mass is 35.5. The van der Waals surface area contributed by atoms with Gasteiger partial charge in [-0.05, 0) is 69.9 Å². The van der Waals surface area contributed by atoms with Crippen molar-refractivity contribution < 1.29 is 0 Å². The summed E-state index contributed by atoms with van der Waals surface area (Å²) in [5, 5.41) is 0.724. The van der Waals surface area contributed by atoms with E-state index in [4.69, 9.17) is 16.6 Å². The molecule has 25 heavy (non-hydrogen) atoms. The molecule has 0 aromatic heterocycles. The number of allylic oxidation sites excluding steroid dienone is 6. The highest BCUT2D eigenvalue weighted by Gasteiger charge is 2.07. The van der Waals surface area contributed by atoms with Crippen molar-refractivity contribution in [2.75, 3.05) is 0 Å². The van der Waals surface area contributed by atoms with Crippen LogP contribution in [0.5, 0.6) is 0 Å². The van der Waals surface area contributed by atoms with Crippen molar-refractivity contribution in [1.82, 2.24) is 0 Å². The zero-order chi connectivity index (χ0) is 19.0. The maximum atomic E-state index is 6.29. The predicted octanol–water partition coefficient (Wildman–Crippen LogP) is 7.69. The molecule has 0 saturated carbocycles. The van der Waals surface area contributed by atoms with E-state index in [1.807, 2.05) is 44.2 Å². The van der Waals surface area contributed by atoms with Gasteiger partial charge in [-0.3, -0.25) is 4.99 Å². The molecule has 0 aliphatic carbocycles. The summed E-state index contributed by atoms with van der Waals surface area (Å²) in [5.41, 5.74) is 7.66. The van der Waals surface area contributed by atoms with Gasteiger partial charge >= 0.3 is 0 Å². The first-order valence-electron chi connectivity index (χ1n) is 8.82. The average Bonchev–Trinajstić information content (AvgIpc) is 2.57. The number of halogens is 1. The van der Waals surface area contributed by atoms with E-state index in [9.17, 15) is 0 Å². The molecule has 0 N–H and O–H groups in total. The fourth-order valence-electron chi connectivity index (χ4n) is 2.70. The Morgan fingerprint density at radius 2 is 1.80 bits per heavy atom. The SMILES string of the molecule is C=C(CCC)C(/C=C(C)/C(=C/C)N=C(C)c1ccccc1Cl)=C(C)C. The molecule has 0 unspecified atom stereocenters. The van der Waals surface area contributed by atoms with Gasteiger partial charge < -0.3 is 0 Å². The van der Waals surface area contributed by atoms with Crippen LogP contribution in [-0.4, -0.2) is 5.71 Å². The van der Waals surface area contributed by atoms with Crippen molar-refractivity contribution in [3.63, 3.8) is 0 Å². The Kier molecular flexibility index (Phi) is 8.65. The van der Waals surface area contributed by atoms with Gasteiger partial charge in [-0.25, -0.2) is 0 Å². The quantitative estimate of drug-likeness (QED) is 0.351. The third kappa shape index (κ3) is 6.17. The summed E-state index contributed by atoms with van der Waals surface area (Å²) in [6.07, 6.45) is 6.35. The van der Waals surface area contributed by atoms with Crippen LogP contribution in [-0.2, 0) is 0 Å². The molecule has 1 aromatic rings. The first-order chi connectivity index (χ1) is 11.8. The van der Waals surface area contributed by atoms with E-state index in [1.54, 1.807) is 0 Å². The third-order valence-corrected chi connectivity index (χ3v) is 4.39. The molecule has 0 bridgehead atoms. The smallest absolute Gasteiger partial charge is 0.0619 e. The van der Waals surface area contributed by atoms with Crippen molar-refractivity contribution in [3.05, 3.63) is 81.6 Å². The summed E-state index contributed by atoms with van der Waals surface area (Å²) in [5.74, 6) is 0. The minimum atomic E-state index is 0.724. The minimum Gasteiger partial charge on any atom is -0.253 e. The van der Waals surface area contributed by atoms with Crippen LogP contribution < -0.4 is 0 Å². The van der Waals surface area contributed by atoms with E-state index in [-0.39, 0.29) is 0 Å². The van der Waals surface area contributed by atoms with Gasteiger partial charge in [0.15, 0.2) is 0 Å². The second kappa shape index (κ2) is 10.2. The maximum absolute atomic E-state index is 6.29. The van der Waals surface area contributed by atoms with Crippen LogP contribution in [0.4, 0.5) is 0 Å². The van der Waals surface area contributed by atoms with Crippen LogP contribution in [0.15, 0.2) is 76.0 Å². The summed E-state index contributed by atoms with van der Waals surface area (Å²) in [6.45, 7) is 16.8. The minimum absolute atomic E-state index is 0.724. The lowest BCUT2D eigenvalue weighted by atomic mass is 9.96. The van der Waals surface area contributed by atoms with Crippen LogP contribution in [0.2, 0.25) is 5.02 Å². The number of rotatable bonds is 7. The van der Waals surface area contributed by atoms with Gasteiger partial charge in [0.1, 0.15) is 0 Å². The summed E-state index contributed by atoms with van der Waals surface area (Å²) in [6, 6.07) is 7.80. The van der Waals surface area contributed by atoms with Gasteiger partial charge in [0.05, 0.1) is 5.70 Å². The van der Waals surface area contributed by atoms with E-state index in [0.717, 1.165) is 40.4 Å². The molecule has 2 heteroatoms. The van der Waals surface area contributed by atoms with Gasteiger partial charge in [-0.2, -0.15) is 0 Å². The Balaban J connectivity index is 3.22. The average molecular weight is 356 g/mol. The lowest BCUT2D eigenvalue weighted by molar-refractivity contribution is 0.916. The van der Waals surface area contributed by atoms with Crippen LogP contribution in [0.1, 0.15) is 59.9 Å². The Hall–Kier alpha value is -1.86. The van der Waals surface area contributed by atoms with Gasteiger partial charge in [0.2, 0.25) is 0 Å². The van der Waals surface area contributed by atoms with Gasteiger partial charge in [-0.1, -0.05) is 61.4 Å². The highest BCUT2D eigenvalue weighted by molar-refractivity contribution is 6.34. The molecule has 0 aliphatic rings.